The molecule has 0 saturated heterocycles. The largest absolute Gasteiger partial charge is 0.493 e. The van der Waals surface area contributed by atoms with Crippen molar-refractivity contribution in [1.29, 1.82) is 0 Å². The third-order valence-corrected chi connectivity index (χ3v) is 5.16. The molecule has 0 unspecified atom stereocenters. The lowest BCUT2D eigenvalue weighted by atomic mass is 10.1. The van der Waals surface area contributed by atoms with Crippen molar-refractivity contribution in [1.82, 2.24) is 15.0 Å². The second kappa shape index (κ2) is 9.35. The Balaban J connectivity index is 1.39. The van der Waals surface area contributed by atoms with Gasteiger partial charge >= 0.3 is 0 Å². The summed E-state index contributed by atoms with van der Waals surface area (Å²) in [5.74, 6) is 2.21. The van der Waals surface area contributed by atoms with Crippen LogP contribution in [0.2, 0.25) is 0 Å². The van der Waals surface area contributed by atoms with Gasteiger partial charge in [-0.05, 0) is 35.4 Å². The van der Waals surface area contributed by atoms with Crippen LogP contribution in [0.5, 0.6) is 11.5 Å². The third-order valence-electron chi connectivity index (χ3n) is 5.16. The number of nitrogens with one attached hydrogen (secondary N) is 1. The Hall–Kier alpha value is -4.12. The first-order valence-corrected chi connectivity index (χ1v) is 10.6. The molecule has 5 rings (SSSR count). The van der Waals surface area contributed by atoms with E-state index in [1.807, 2.05) is 78.9 Å². The van der Waals surface area contributed by atoms with Gasteiger partial charge in [-0.2, -0.15) is 0 Å². The van der Waals surface area contributed by atoms with Crippen LogP contribution in [0.4, 0.5) is 0 Å². The number of fused-ring (bicyclic) bond motifs is 1. The number of ether oxygens (including phenoxy) is 2. The van der Waals surface area contributed by atoms with Crippen LogP contribution >= 0.6 is 0 Å². The van der Waals surface area contributed by atoms with Crippen LogP contribution < -0.4 is 9.47 Å². The second-order valence-electron chi connectivity index (χ2n) is 7.51. The van der Waals surface area contributed by atoms with E-state index >= 15 is 0 Å². The fraction of sp³-hybridized carbons (Fsp3) is 0.111. The summed E-state index contributed by atoms with van der Waals surface area (Å²) in [4.78, 5) is 12.3. The molecule has 1 N–H and O–H groups in total. The van der Waals surface area contributed by atoms with Crippen LogP contribution in [0.15, 0.2) is 97.2 Å². The summed E-state index contributed by atoms with van der Waals surface area (Å²) in [5.41, 5.74) is 4.82. The van der Waals surface area contributed by atoms with Gasteiger partial charge < -0.3 is 14.5 Å². The first-order valence-electron chi connectivity index (χ1n) is 10.6. The average molecular weight is 422 g/mol. The second-order valence-corrected chi connectivity index (χ2v) is 7.51. The van der Waals surface area contributed by atoms with E-state index in [0.717, 1.165) is 40.4 Å². The molecular formula is C27H23N3O2. The van der Waals surface area contributed by atoms with E-state index in [9.17, 15) is 0 Å². The van der Waals surface area contributed by atoms with Gasteiger partial charge in [-0.25, -0.2) is 9.97 Å². The summed E-state index contributed by atoms with van der Waals surface area (Å²) in [7, 11) is 0. The molecule has 0 fully saturated rings. The number of aromatic nitrogens is 3. The van der Waals surface area contributed by atoms with Gasteiger partial charge in [0.15, 0.2) is 5.65 Å². The average Bonchev–Trinajstić information content (AvgIpc) is 3.29. The lowest BCUT2D eigenvalue weighted by molar-refractivity contribution is 0.296. The lowest BCUT2D eigenvalue weighted by Gasteiger charge is -2.12. The van der Waals surface area contributed by atoms with Gasteiger partial charge in [-0.15, -0.1) is 0 Å². The minimum atomic E-state index is 0.482. The quantitative estimate of drug-likeness (QED) is 0.343. The number of rotatable bonds is 8. The molecule has 2 aromatic heterocycles. The topological polar surface area (TPSA) is 60.0 Å². The van der Waals surface area contributed by atoms with Gasteiger partial charge in [0.2, 0.25) is 0 Å². The molecule has 0 spiro atoms. The van der Waals surface area contributed by atoms with Crippen molar-refractivity contribution < 1.29 is 9.47 Å². The van der Waals surface area contributed by atoms with Gasteiger partial charge in [0, 0.05) is 24.2 Å². The maximum absolute atomic E-state index is 6.10. The number of hydrogen-bond donors (Lipinski definition) is 1. The number of pyridine rings is 1. The van der Waals surface area contributed by atoms with Crippen molar-refractivity contribution in [3.63, 3.8) is 0 Å². The minimum Gasteiger partial charge on any atom is -0.493 e. The summed E-state index contributed by atoms with van der Waals surface area (Å²) in [6, 6.07) is 30.2. The maximum Gasteiger partial charge on any atom is 0.178 e. The van der Waals surface area contributed by atoms with Gasteiger partial charge in [0.05, 0.1) is 12.1 Å². The molecule has 0 saturated carbocycles. The molecule has 0 aliphatic rings. The smallest absolute Gasteiger partial charge is 0.178 e. The zero-order valence-electron chi connectivity index (χ0n) is 17.6. The molecule has 5 nitrogen and oxygen atoms in total. The Morgan fingerprint density at radius 3 is 2.19 bits per heavy atom. The maximum atomic E-state index is 6.10. The van der Waals surface area contributed by atoms with E-state index in [4.69, 9.17) is 9.47 Å². The summed E-state index contributed by atoms with van der Waals surface area (Å²) in [6.07, 6.45) is 2.57. The van der Waals surface area contributed by atoms with E-state index in [1.165, 1.54) is 5.56 Å². The number of benzene rings is 3. The molecule has 3 aromatic carbocycles. The molecule has 0 atom stereocenters. The molecule has 0 aliphatic carbocycles. The Labute approximate surface area is 186 Å². The minimum absolute atomic E-state index is 0.482. The van der Waals surface area contributed by atoms with Crippen molar-refractivity contribution in [2.75, 3.05) is 6.61 Å². The summed E-state index contributed by atoms with van der Waals surface area (Å²) in [5, 5.41) is 0. The van der Waals surface area contributed by atoms with E-state index in [2.05, 4.69) is 27.1 Å². The van der Waals surface area contributed by atoms with Crippen LogP contribution in [-0.4, -0.2) is 21.6 Å². The number of imidazole rings is 1. The Morgan fingerprint density at radius 1 is 0.719 bits per heavy atom. The molecule has 5 aromatic rings. The summed E-state index contributed by atoms with van der Waals surface area (Å²) in [6.45, 7) is 1.06. The summed E-state index contributed by atoms with van der Waals surface area (Å²) < 4.78 is 12.2. The summed E-state index contributed by atoms with van der Waals surface area (Å²) >= 11 is 0. The third kappa shape index (κ3) is 4.78. The molecule has 5 heteroatoms. The number of nitrogens with zero attached hydrogens (tertiary/aromatic N) is 2. The van der Waals surface area contributed by atoms with Gasteiger partial charge in [0.1, 0.15) is 23.9 Å². The Morgan fingerprint density at radius 2 is 1.44 bits per heavy atom. The molecule has 0 aliphatic heterocycles. The molecular weight excluding hydrogens is 398 g/mol. The first-order chi connectivity index (χ1) is 15.8. The van der Waals surface area contributed by atoms with Crippen LogP contribution in [0.1, 0.15) is 11.1 Å². The van der Waals surface area contributed by atoms with Crippen molar-refractivity contribution in [2.24, 2.45) is 0 Å². The van der Waals surface area contributed by atoms with Gasteiger partial charge in [-0.1, -0.05) is 60.7 Å². The molecule has 0 bridgehead atoms. The highest BCUT2D eigenvalue weighted by molar-refractivity contribution is 5.76. The highest BCUT2D eigenvalue weighted by atomic mass is 16.5. The van der Waals surface area contributed by atoms with Crippen LogP contribution in [0.3, 0.4) is 0 Å². The lowest BCUT2D eigenvalue weighted by Crippen LogP contribution is -2.02. The van der Waals surface area contributed by atoms with Crippen LogP contribution in [0.25, 0.3) is 22.6 Å². The predicted molar refractivity (Wildman–Crippen MR) is 126 cm³/mol. The zero-order valence-corrected chi connectivity index (χ0v) is 17.6. The van der Waals surface area contributed by atoms with Crippen molar-refractivity contribution in [2.45, 2.75) is 13.0 Å². The zero-order chi connectivity index (χ0) is 21.6. The molecule has 32 heavy (non-hydrogen) atoms. The highest BCUT2D eigenvalue weighted by Crippen LogP contribution is 2.30. The predicted octanol–water partition coefficient (Wildman–Crippen LogP) is 5.83. The first kappa shape index (κ1) is 19.8. The SMILES string of the molecule is c1ccc(CCOc2cc(OCc3ccccc3)cc(-c3nc4ncccc4[nH]3)c2)cc1. The van der Waals surface area contributed by atoms with E-state index in [1.54, 1.807) is 6.20 Å². The number of aromatic amines is 1. The standard InChI is InChI=1S/C27H23N3O2/c1-3-8-20(9-4-1)13-15-31-23-16-22(26-29-25-12-7-14-28-27(25)30-26)17-24(18-23)32-19-21-10-5-2-6-11-21/h1-12,14,16-18H,13,15,19H2,(H,28,29,30). The van der Waals surface area contributed by atoms with Crippen molar-refractivity contribution in [3.8, 4) is 22.9 Å². The molecule has 158 valence electrons. The fourth-order valence-electron chi connectivity index (χ4n) is 3.53. The van der Waals surface area contributed by atoms with E-state index in [0.29, 0.717) is 18.9 Å². The van der Waals surface area contributed by atoms with Gasteiger partial charge in [-0.3, -0.25) is 0 Å². The number of H-pyrrole nitrogens is 1. The van der Waals surface area contributed by atoms with Crippen LogP contribution in [-0.2, 0) is 13.0 Å². The van der Waals surface area contributed by atoms with Gasteiger partial charge in [0.25, 0.3) is 0 Å². The monoisotopic (exact) mass is 421 g/mol. The Bertz CT molecular complexity index is 1270. The Kier molecular flexibility index (Phi) is 5.79. The number of hydrogen-bond acceptors (Lipinski definition) is 4. The molecule has 2 heterocycles. The molecule has 0 amide bonds. The van der Waals surface area contributed by atoms with E-state index < -0.39 is 0 Å². The van der Waals surface area contributed by atoms with Crippen LogP contribution in [0, 0.1) is 0 Å². The van der Waals surface area contributed by atoms with Crippen molar-refractivity contribution in [3.05, 3.63) is 108 Å². The highest BCUT2D eigenvalue weighted by Gasteiger charge is 2.11. The normalized spacial score (nSPS) is 10.9. The van der Waals surface area contributed by atoms with E-state index in [-0.39, 0.29) is 0 Å². The molecule has 0 radical (unpaired) electrons. The van der Waals surface area contributed by atoms with Crippen molar-refractivity contribution >= 4 is 11.2 Å². The fourth-order valence-corrected chi connectivity index (χ4v) is 3.53.